The Kier molecular flexibility index (Phi) is 5.70. The summed E-state index contributed by atoms with van der Waals surface area (Å²) in [4.78, 5) is 43.2. The largest absolute Gasteiger partial charge is 0.385 e. The fraction of sp³-hybridized carbons (Fsp3) is 0.419. The van der Waals surface area contributed by atoms with Crippen molar-refractivity contribution in [2.75, 3.05) is 11.9 Å². The third-order valence-electron chi connectivity index (χ3n) is 9.33. The van der Waals surface area contributed by atoms with Crippen LogP contribution in [0, 0.1) is 5.92 Å². The summed E-state index contributed by atoms with van der Waals surface area (Å²) in [6, 6.07) is 7.71. The van der Waals surface area contributed by atoms with Gasteiger partial charge in [0.05, 0.1) is 29.1 Å². The molecule has 8 rings (SSSR count). The number of aryl methyl sites for hydroxylation is 1. The minimum Gasteiger partial charge on any atom is -0.385 e. The Balaban J connectivity index is 0.910. The molecule has 4 aromatic rings. The summed E-state index contributed by atoms with van der Waals surface area (Å²) in [6.07, 6.45) is 11.0. The molecular weight excluding hydrogens is 532 g/mol. The fourth-order valence-corrected chi connectivity index (χ4v) is 6.67. The number of fused-ring (bicyclic) bond motifs is 2. The topological polar surface area (TPSA) is 127 Å². The van der Waals surface area contributed by atoms with Gasteiger partial charge in [0.25, 0.3) is 5.91 Å². The highest BCUT2D eigenvalue weighted by atomic mass is 16.2. The predicted octanol–water partition coefficient (Wildman–Crippen LogP) is 3.53. The van der Waals surface area contributed by atoms with E-state index in [4.69, 9.17) is 10.1 Å². The molecule has 1 saturated heterocycles. The summed E-state index contributed by atoms with van der Waals surface area (Å²) in [5, 5.41) is 16.4. The number of hydrogen-bond acceptors (Lipinski definition) is 7. The number of imide groups is 1. The van der Waals surface area contributed by atoms with E-state index in [0.717, 1.165) is 52.8 Å². The molecule has 2 aliphatic heterocycles. The Morgan fingerprint density at radius 3 is 2.71 bits per heavy atom. The summed E-state index contributed by atoms with van der Waals surface area (Å²) < 4.78 is 4.05. The molecule has 0 bridgehead atoms. The smallest absolute Gasteiger partial charge is 0.255 e. The van der Waals surface area contributed by atoms with E-state index in [1.165, 1.54) is 18.5 Å². The molecule has 2 N–H and O–H groups in total. The van der Waals surface area contributed by atoms with Crippen LogP contribution >= 0.6 is 0 Å². The molecule has 214 valence electrons. The number of amides is 3. The molecule has 3 aromatic heterocycles. The van der Waals surface area contributed by atoms with E-state index in [-0.39, 0.29) is 24.1 Å². The Labute approximate surface area is 242 Å². The standard InChI is InChI=1S/C31H32N8O3/c1-37-27-11-25(33-13-20(27)14-34-37)24-16-39(36-29(24)18-2-3-18)22-8-17(9-22)12-32-21-4-5-23-19(10-21)15-38(31(23)42)26-6-7-28(40)35-30(26)41/h4-5,10-11,13-14,16-18,22,26,32H,2-3,6-9,12,15H2,1H3,(H,35,40,41). The highest BCUT2D eigenvalue weighted by molar-refractivity contribution is 6.05. The van der Waals surface area contributed by atoms with Gasteiger partial charge in [-0.25, -0.2) is 0 Å². The SMILES string of the molecule is Cn1ncc2cnc(-c3cn(C4CC(CNc5ccc6c(c5)CN(C5CCC(=O)NC5=O)C6=O)C4)nc3C3CC3)cc21. The number of carbonyl (C=O) groups excluding carboxylic acids is 3. The molecule has 0 radical (unpaired) electrons. The van der Waals surface area contributed by atoms with Gasteiger partial charge in [-0.3, -0.25) is 34.0 Å². The van der Waals surface area contributed by atoms with Gasteiger partial charge in [-0.15, -0.1) is 0 Å². The van der Waals surface area contributed by atoms with E-state index < -0.39 is 6.04 Å². The number of nitrogens with one attached hydrogen (secondary N) is 2. The van der Waals surface area contributed by atoms with Crippen molar-refractivity contribution in [3.8, 4) is 11.3 Å². The first-order valence-corrected chi connectivity index (χ1v) is 14.8. The number of piperidine rings is 1. The number of nitrogens with zero attached hydrogens (tertiary/aromatic N) is 6. The second-order valence-electron chi connectivity index (χ2n) is 12.2. The van der Waals surface area contributed by atoms with Crippen LogP contribution in [0.2, 0.25) is 0 Å². The Hall–Kier alpha value is -4.54. The molecule has 0 spiro atoms. The molecule has 3 fully saturated rings. The molecule has 2 aliphatic carbocycles. The molecule has 1 atom stereocenters. The van der Waals surface area contributed by atoms with E-state index >= 15 is 0 Å². The summed E-state index contributed by atoms with van der Waals surface area (Å²) >= 11 is 0. The number of aromatic nitrogens is 5. The van der Waals surface area contributed by atoms with Crippen molar-refractivity contribution in [1.82, 2.24) is 34.8 Å². The quantitative estimate of drug-likeness (QED) is 0.329. The summed E-state index contributed by atoms with van der Waals surface area (Å²) in [6.45, 7) is 1.23. The highest BCUT2D eigenvalue weighted by Crippen LogP contribution is 2.46. The second-order valence-corrected chi connectivity index (χ2v) is 12.2. The zero-order chi connectivity index (χ0) is 28.5. The molecular formula is C31H32N8O3. The van der Waals surface area contributed by atoms with Crippen molar-refractivity contribution in [3.63, 3.8) is 0 Å². The average molecular weight is 565 g/mol. The molecule has 2 saturated carbocycles. The van der Waals surface area contributed by atoms with Crippen LogP contribution in [0.3, 0.4) is 0 Å². The van der Waals surface area contributed by atoms with Crippen molar-refractivity contribution in [1.29, 1.82) is 0 Å². The lowest BCUT2D eigenvalue weighted by Crippen LogP contribution is -2.52. The van der Waals surface area contributed by atoms with Gasteiger partial charge in [-0.2, -0.15) is 10.2 Å². The summed E-state index contributed by atoms with van der Waals surface area (Å²) in [5.41, 5.74) is 6.87. The molecule has 11 nitrogen and oxygen atoms in total. The zero-order valence-electron chi connectivity index (χ0n) is 23.4. The van der Waals surface area contributed by atoms with Crippen LogP contribution in [0.1, 0.15) is 72.1 Å². The first kappa shape index (κ1) is 25.2. The van der Waals surface area contributed by atoms with Crippen LogP contribution in [0.15, 0.2) is 42.9 Å². The average Bonchev–Trinajstić information content (AvgIpc) is 3.49. The molecule has 4 aliphatic rings. The lowest BCUT2D eigenvalue weighted by Gasteiger charge is -2.35. The van der Waals surface area contributed by atoms with Gasteiger partial charge in [-0.05, 0) is 67.9 Å². The van der Waals surface area contributed by atoms with Crippen molar-refractivity contribution >= 4 is 34.3 Å². The van der Waals surface area contributed by atoms with Crippen LogP contribution in [0.25, 0.3) is 22.2 Å². The predicted molar refractivity (Wildman–Crippen MR) is 154 cm³/mol. The van der Waals surface area contributed by atoms with Crippen molar-refractivity contribution < 1.29 is 14.4 Å². The van der Waals surface area contributed by atoms with Gasteiger partial charge in [-0.1, -0.05) is 0 Å². The minimum atomic E-state index is -0.594. The van der Waals surface area contributed by atoms with Gasteiger partial charge >= 0.3 is 0 Å². The third-order valence-corrected chi connectivity index (χ3v) is 9.33. The number of hydrogen-bond donors (Lipinski definition) is 2. The Morgan fingerprint density at radius 1 is 1.05 bits per heavy atom. The second kappa shape index (κ2) is 9.50. The van der Waals surface area contributed by atoms with Crippen LogP contribution in [0.5, 0.6) is 0 Å². The molecule has 11 heteroatoms. The van der Waals surface area contributed by atoms with E-state index in [1.807, 2.05) is 42.3 Å². The Morgan fingerprint density at radius 2 is 1.90 bits per heavy atom. The maximum atomic E-state index is 13.0. The van der Waals surface area contributed by atoms with Crippen molar-refractivity contribution in [2.45, 2.75) is 63.1 Å². The van der Waals surface area contributed by atoms with Gasteiger partial charge in [0, 0.05) is 67.1 Å². The molecule has 5 heterocycles. The van der Waals surface area contributed by atoms with E-state index in [1.54, 1.807) is 4.90 Å². The van der Waals surface area contributed by atoms with E-state index in [9.17, 15) is 14.4 Å². The highest BCUT2D eigenvalue weighted by Gasteiger charge is 2.39. The number of rotatable bonds is 7. The molecule has 3 amide bonds. The lowest BCUT2D eigenvalue weighted by molar-refractivity contribution is -0.136. The van der Waals surface area contributed by atoms with Gasteiger partial charge in [0.15, 0.2) is 0 Å². The number of anilines is 1. The van der Waals surface area contributed by atoms with Crippen LogP contribution in [-0.4, -0.2) is 59.8 Å². The van der Waals surface area contributed by atoms with Crippen molar-refractivity contribution in [3.05, 3.63) is 59.7 Å². The first-order chi connectivity index (χ1) is 20.4. The monoisotopic (exact) mass is 564 g/mol. The van der Waals surface area contributed by atoms with Gasteiger partial charge < -0.3 is 10.2 Å². The normalized spacial score (nSPS) is 23.7. The number of pyridine rings is 1. The third kappa shape index (κ3) is 4.26. The molecule has 42 heavy (non-hydrogen) atoms. The Bertz CT molecular complexity index is 1760. The number of carbonyl (C=O) groups is 3. The van der Waals surface area contributed by atoms with E-state index in [0.29, 0.717) is 36.4 Å². The van der Waals surface area contributed by atoms with Crippen LogP contribution in [-0.2, 0) is 23.2 Å². The molecule has 1 aromatic carbocycles. The number of benzene rings is 1. The first-order valence-electron chi connectivity index (χ1n) is 14.8. The van der Waals surface area contributed by atoms with Crippen LogP contribution < -0.4 is 10.6 Å². The zero-order valence-corrected chi connectivity index (χ0v) is 23.4. The maximum Gasteiger partial charge on any atom is 0.255 e. The molecule has 1 unspecified atom stereocenters. The van der Waals surface area contributed by atoms with Gasteiger partial charge in [0.2, 0.25) is 11.8 Å². The minimum absolute atomic E-state index is 0.146. The van der Waals surface area contributed by atoms with Gasteiger partial charge in [0.1, 0.15) is 6.04 Å². The summed E-state index contributed by atoms with van der Waals surface area (Å²) in [7, 11) is 1.96. The maximum absolute atomic E-state index is 13.0. The lowest BCUT2D eigenvalue weighted by atomic mass is 9.80. The van der Waals surface area contributed by atoms with E-state index in [2.05, 4.69) is 32.7 Å². The van der Waals surface area contributed by atoms with Crippen molar-refractivity contribution in [2.24, 2.45) is 13.0 Å². The summed E-state index contributed by atoms with van der Waals surface area (Å²) in [5.74, 6) is 0.254. The van der Waals surface area contributed by atoms with Crippen LogP contribution in [0.4, 0.5) is 5.69 Å². The fourth-order valence-electron chi connectivity index (χ4n) is 6.67.